The van der Waals surface area contributed by atoms with Crippen LogP contribution < -0.4 is 11.2 Å². The summed E-state index contributed by atoms with van der Waals surface area (Å²) in [5, 5.41) is 3.52. The number of fused-ring (bicyclic) bond motifs is 1. The van der Waals surface area contributed by atoms with Gasteiger partial charge in [0.25, 0.3) is 0 Å². The Hall–Kier alpha value is -2.64. The minimum atomic E-state index is -0.923. The first kappa shape index (κ1) is 21.1. The first-order chi connectivity index (χ1) is 14.0. The number of nitrogens with two attached hydrogens (primary N) is 1. The zero-order chi connectivity index (χ0) is 21.0. The molecule has 3 heterocycles. The molecule has 2 aliphatic rings. The van der Waals surface area contributed by atoms with Crippen molar-refractivity contribution in [2.75, 3.05) is 24.5 Å². The fourth-order valence-electron chi connectivity index (χ4n) is 2.54. The van der Waals surface area contributed by atoms with Crippen LogP contribution in [0.5, 0.6) is 0 Å². The number of thioether (sulfide) groups is 1. The number of hydrogen-bond acceptors (Lipinski definition) is 11. The zero-order valence-corrected chi connectivity index (χ0v) is 17.3. The molecular weight excluding hydrogens is 444 g/mol. The molecule has 11 nitrogen and oxygen atoms in total. The molecule has 1 saturated heterocycles. The van der Waals surface area contributed by atoms with Gasteiger partial charge >= 0.3 is 11.9 Å². The maximum Gasteiger partial charge on any atom is 0.379 e. The quantitative estimate of drug-likeness (QED) is 0.267. The highest BCUT2D eigenvalue weighted by molar-refractivity contribution is 8.00. The van der Waals surface area contributed by atoms with Gasteiger partial charge in [-0.05, 0) is 5.57 Å². The molecule has 2 amide bonds. The van der Waals surface area contributed by atoms with Crippen LogP contribution in [-0.2, 0) is 24.1 Å². The van der Waals surface area contributed by atoms with Crippen molar-refractivity contribution >= 4 is 63.5 Å². The monoisotopic (exact) mass is 458 g/mol. The van der Waals surface area contributed by atoms with Gasteiger partial charge in [-0.2, -0.15) is 14.8 Å². The van der Waals surface area contributed by atoms with E-state index in [1.165, 1.54) is 23.8 Å². The van der Waals surface area contributed by atoms with Gasteiger partial charge in [0, 0.05) is 23.2 Å². The number of nitrogen functional groups attached to an aromatic ring is 1. The van der Waals surface area contributed by atoms with Crippen molar-refractivity contribution in [1.82, 2.24) is 19.7 Å². The third-order valence-electron chi connectivity index (χ3n) is 3.77. The Morgan fingerprint density at radius 1 is 1.52 bits per heavy atom. The van der Waals surface area contributed by atoms with Crippen LogP contribution in [0.4, 0.5) is 5.13 Å². The summed E-state index contributed by atoms with van der Waals surface area (Å²) in [6, 6.07) is 0. The van der Waals surface area contributed by atoms with Crippen LogP contribution in [0, 0.1) is 0 Å². The Morgan fingerprint density at radius 3 is 2.93 bits per heavy atom. The Balaban J connectivity index is 1.76. The van der Waals surface area contributed by atoms with Gasteiger partial charge in [-0.3, -0.25) is 14.5 Å². The van der Waals surface area contributed by atoms with Crippen molar-refractivity contribution < 1.29 is 24.1 Å². The number of allylic oxidation sites excluding steroid dienone is 2. The maximum atomic E-state index is 12.6. The van der Waals surface area contributed by atoms with Crippen molar-refractivity contribution in [3.63, 3.8) is 0 Å². The Labute approximate surface area is 178 Å². The van der Waals surface area contributed by atoms with Crippen LogP contribution in [0.15, 0.2) is 28.6 Å². The van der Waals surface area contributed by atoms with Crippen molar-refractivity contribution in [2.45, 2.75) is 11.8 Å². The Kier molecular flexibility index (Phi) is 6.71. The van der Waals surface area contributed by atoms with Gasteiger partial charge in [-0.1, -0.05) is 17.3 Å². The van der Waals surface area contributed by atoms with Crippen LogP contribution in [0.3, 0.4) is 0 Å². The van der Waals surface area contributed by atoms with Gasteiger partial charge in [-0.25, -0.2) is 4.79 Å². The molecule has 1 fully saturated rings. The van der Waals surface area contributed by atoms with Crippen LogP contribution in [0.2, 0.25) is 0 Å². The van der Waals surface area contributed by atoms with Gasteiger partial charge < -0.3 is 15.4 Å². The number of alkyl halides is 1. The SMILES string of the molecule is CO/N=C(\C(=O)NOC(=O)C1=C(/C=C\CCl)CS[C@H]2CC(=O)N12)c1nsc(N)n1. The first-order valence-electron chi connectivity index (χ1n) is 8.07. The minimum absolute atomic E-state index is 0.0629. The van der Waals surface area contributed by atoms with Gasteiger partial charge in [0.15, 0.2) is 5.13 Å². The second-order valence-corrected chi connectivity index (χ2v) is 7.82. The highest BCUT2D eigenvalue weighted by atomic mass is 35.5. The lowest BCUT2D eigenvalue weighted by molar-refractivity contribution is -0.157. The summed E-state index contributed by atoms with van der Waals surface area (Å²) in [4.78, 5) is 51.7. The van der Waals surface area contributed by atoms with E-state index >= 15 is 0 Å². The number of aromatic nitrogens is 2. The molecule has 0 unspecified atom stereocenters. The van der Waals surface area contributed by atoms with Crippen LogP contribution in [0.25, 0.3) is 0 Å². The zero-order valence-electron chi connectivity index (χ0n) is 15.0. The molecule has 0 aromatic carbocycles. The molecule has 0 aliphatic carbocycles. The average Bonchev–Trinajstić information content (AvgIpc) is 3.13. The highest BCUT2D eigenvalue weighted by Gasteiger charge is 2.45. The lowest BCUT2D eigenvalue weighted by Crippen LogP contribution is -2.54. The smallest absolute Gasteiger partial charge is 0.379 e. The standard InChI is InChI=1S/C15H15ClN6O5S2/c1-26-19-10(12-18-15(17)29-21-12)13(24)20-27-14(25)11-7(3-2-4-16)6-28-9-5-8(23)22(9)11/h2-3,9H,4-6H2,1H3,(H,20,24)(H2,17,18,21)/b3-2-,19-10-/t9-/m0/s1. The van der Waals surface area contributed by atoms with Crippen LogP contribution in [-0.4, -0.2) is 61.9 Å². The number of β-lactam (4-membered cyclic amide) rings is 1. The predicted molar refractivity (Wildman–Crippen MR) is 107 cm³/mol. The number of hydrogen-bond donors (Lipinski definition) is 2. The fourth-order valence-corrected chi connectivity index (χ4v) is 4.30. The van der Waals surface area contributed by atoms with Gasteiger partial charge in [0.1, 0.15) is 12.8 Å². The number of carbonyl (C=O) groups is 3. The van der Waals surface area contributed by atoms with Crippen LogP contribution >= 0.6 is 34.9 Å². The second kappa shape index (κ2) is 9.24. The van der Waals surface area contributed by atoms with E-state index in [0.29, 0.717) is 17.7 Å². The molecule has 0 radical (unpaired) electrons. The first-order valence-corrected chi connectivity index (χ1v) is 10.4. The third kappa shape index (κ3) is 4.52. The van der Waals surface area contributed by atoms with Gasteiger partial charge in [-0.15, -0.1) is 23.4 Å². The number of nitrogens with zero attached hydrogens (tertiary/aromatic N) is 4. The Morgan fingerprint density at radius 2 is 2.31 bits per heavy atom. The van der Waals surface area contributed by atoms with Gasteiger partial charge in [0.05, 0.1) is 11.8 Å². The number of rotatable bonds is 6. The fraction of sp³-hybridized carbons (Fsp3) is 0.333. The Bertz CT molecular complexity index is 930. The van der Waals surface area contributed by atoms with E-state index in [2.05, 4.69) is 19.4 Å². The van der Waals surface area contributed by atoms with E-state index in [1.54, 1.807) is 12.2 Å². The largest absolute Gasteiger partial charge is 0.398 e. The van der Waals surface area contributed by atoms with Gasteiger partial charge in [0.2, 0.25) is 17.4 Å². The molecule has 1 aromatic heterocycles. The molecule has 1 atom stereocenters. The summed E-state index contributed by atoms with van der Waals surface area (Å²) in [5.74, 6) is -1.37. The highest BCUT2D eigenvalue weighted by Crippen LogP contribution is 2.40. The summed E-state index contributed by atoms with van der Waals surface area (Å²) >= 11 is 8.05. The number of oxime groups is 1. The van der Waals surface area contributed by atoms with E-state index in [9.17, 15) is 14.4 Å². The molecule has 14 heteroatoms. The second-order valence-electron chi connectivity index (χ2n) is 5.56. The summed E-state index contributed by atoms with van der Waals surface area (Å²) in [6.07, 6.45) is 3.64. The molecule has 29 heavy (non-hydrogen) atoms. The number of anilines is 1. The van der Waals surface area contributed by atoms with E-state index in [-0.39, 0.29) is 39.5 Å². The van der Waals surface area contributed by atoms with Crippen molar-refractivity contribution in [3.05, 3.63) is 29.2 Å². The van der Waals surface area contributed by atoms with E-state index in [1.807, 2.05) is 5.48 Å². The normalized spacial score (nSPS) is 19.1. The molecule has 2 aliphatic heterocycles. The number of hydroxylamine groups is 1. The van der Waals surface area contributed by atoms with E-state index in [4.69, 9.17) is 22.2 Å². The molecule has 3 N–H and O–H groups in total. The maximum absolute atomic E-state index is 12.6. The molecule has 1 aromatic rings. The molecular formula is C15H15ClN6O5S2. The summed E-state index contributed by atoms with van der Waals surface area (Å²) in [6.45, 7) is 0. The van der Waals surface area contributed by atoms with Crippen molar-refractivity contribution in [2.24, 2.45) is 5.16 Å². The summed E-state index contributed by atoms with van der Waals surface area (Å²) in [5.41, 5.74) is 7.78. The van der Waals surface area contributed by atoms with Crippen molar-refractivity contribution in [3.8, 4) is 0 Å². The molecule has 0 bridgehead atoms. The lowest BCUT2D eigenvalue weighted by atomic mass is 10.1. The number of carbonyl (C=O) groups excluding carboxylic acids is 3. The molecule has 154 valence electrons. The number of amides is 2. The number of nitrogens with one attached hydrogen (secondary N) is 1. The van der Waals surface area contributed by atoms with Crippen molar-refractivity contribution in [1.29, 1.82) is 0 Å². The summed E-state index contributed by atoms with van der Waals surface area (Å²) < 4.78 is 3.87. The molecule has 0 saturated carbocycles. The minimum Gasteiger partial charge on any atom is -0.398 e. The summed E-state index contributed by atoms with van der Waals surface area (Å²) in [7, 11) is 1.23. The van der Waals surface area contributed by atoms with Crippen LogP contribution in [0.1, 0.15) is 12.2 Å². The third-order valence-corrected chi connectivity index (χ3v) is 5.73. The van der Waals surface area contributed by atoms with E-state index < -0.39 is 11.9 Å². The number of halogens is 1. The average molecular weight is 459 g/mol. The molecule has 0 spiro atoms. The van der Waals surface area contributed by atoms with E-state index in [0.717, 1.165) is 11.5 Å². The predicted octanol–water partition coefficient (Wildman–Crippen LogP) is 0.400. The molecule has 3 rings (SSSR count). The topological polar surface area (TPSA) is 149 Å². The lowest BCUT2D eigenvalue weighted by Gasteiger charge is -2.43.